The predicted octanol–water partition coefficient (Wildman–Crippen LogP) is 1.52. The number of carboxylic acids is 1. The standard InChI is InChI=1S/C14H27N3O3S/c1-6-12-17(11(8-21-12)13(18)19)14(20)15-10(9(2)3)7-16(4)5/h9-12H,6-8H2,1-5H3,(H,15,20)(H,18,19). The van der Waals surface area contributed by atoms with Crippen molar-refractivity contribution in [3.05, 3.63) is 0 Å². The van der Waals surface area contributed by atoms with E-state index in [2.05, 4.69) is 19.2 Å². The van der Waals surface area contributed by atoms with Crippen molar-refractivity contribution in [1.29, 1.82) is 0 Å². The Balaban J connectivity index is 2.80. The van der Waals surface area contributed by atoms with Gasteiger partial charge in [0.25, 0.3) is 0 Å². The zero-order valence-electron chi connectivity index (χ0n) is 13.5. The van der Waals surface area contributed by atoms with Crippen LogP contribution in [0.2, 0.25) is 0 Å². The van der Waals surface area contributed by atoms with Gasteiger partial charge in [-0.05, 0) is 26.4 Å². The monoisotopic (exact) mass is 317 g/mol. The van der Waals surface area contributed by atoms with E-state index in [1.807, 2.05) is 25.9 Å². The zero-order valence-corrected chi connectivity index (χ0v) is 14.3. The normalized spacial score (nSPS) is 23.7. The van der Waals surface area contributed by atoms with Gasteiger partial charge in [-0.3, -0.25) is 4.90 Å². The highest BCUT2D eigenvalue weighted by atomic mass is 32.2. The highest BCUT2D eigenvalue weighted by Crippen LogP contribution is 2.31. The van der Waals surface area contributed by atoms with Crippen LogP contribution in [0.4, 0.5) is 4.79 Å². The fourth-order valence-electron chi connectivity index (χ4n) is 2.39. The molecular weight excluding hydrogens is 290 g/mol. The Morgan fingerprint density at radius 3 is 2.48 bits per heavy atom. The van der Waals surface area contributed by atoms with Crippen LogP contribution in [0, 0.1) is 5.92 Å². The summed E-state index contributed by atoms with van der Waals surface area (Å²) in [7, 11) is 3.92. The van der Waals surface area contributed by atoms with Gasteiger partial charge in [-0.1, -0.05) is 20.8 Å². The Bertz CT molecular complexity index is 376. The number of nitrogens with one attached hydrogen (secondary N) is 1. The lowest BCUT2D eigenvalue weighted by Crippen LogP contribution is -2.55. The molecule has 3 unspecified atom stereocenters. The minimum Gasteiger partial charge on any atom is -0.480 e. The Hall–Kier alpha value is -0.950. The largest absolute Gasteiger partial charge is 0.480 e. The number of rotatable bonds is 6. The molecule has 2 N–H and O–H groups in total. The lowest BCUT2D eigenvalue weighted by atomic mass is 10.0. The van der Waals surface area contributed by atoms with Gasteiger partial charge in [0.1, 0.15) is 6.04 Å². The van der Waals surface area contributed by atoms with E-state index in [-0.39, 0.29) is 23.4 Å². The number of amides is 2. The molecular formula is C14H27N3O3S. The Morgan fingerprint density at radius 1 is 1.43 bits per heavy atom. The van der Waals surface area contributed by atoms with E-state index in [1.165, 1.54) is 16.7 Å². The molecule has 1 heterocycles. The van der Waals surface area contributed by atoms with Gasteiger partial charge in [0, 0.05) is 18.3 Å². The summed E-state index contributed by atoms with van der Waals surface area (Å²) in [6.45, 7) is 6.82. The van der Waals surface area contributed by atoms with Crippen LogP contribution in [-0.4, -0.2) is 70.8 Å². The van der Waals surface area contributed by atoms with E-state index in [1.54, 1.807) is 0 Å². The summed E-state index contributed by atoms with van der Waals surface area (Å²) in [6.07, 6.45) is 0.752. The molecule has 0 saturated carbocycles. The van der Waals surface area contributed by atoms with Crippen molar-refractivity contribution in [2.75, 3.05) is 26.4 Å². The first kappa shape index (κ1) is 18.1. The summed E-state index contributed by atoms with van der Waals surface area (Å²) in [5.74, 6) is -0.182. The van der Waals surface area contributed by atoms with Crippen LogP contribution < -0.4 is 5.32 Å². The van der Waals surface area contributed by atoms with E-state index < -0.39 is 12.0 Å². The third-order valence-corrected chi connectivity index (χ3v) is 5.09. The molecule has 2 amide bonds. The number of hydrogen-bond donors (Lipinski definition) is 2. The number of likely N-dealkylation sites (N-methyl/N-ethyl adjacent to an activating group) is 1. The van der Waals surface area contributed by atoms with Crippen LogP contribution in [0.1, 0.15) is 27.2 Å². The van der Waals surface area contributed by atoms with Gasteiger partial charge in [-0.15, -0.1) is 11.8 Å². The maximum atomic E-state index is 12.5. The molecule has 0 spiro atoms. The average Bonchev–Trinajstić information content (AvgIpc) is 2.80. The van der Waals surface area contributed by atoms with Crippen LogP contribution >= 0.6 is 11.8 Å². The second kappa shape index (κ2) is 7.89. The van der Waals surface area contributed by atoms with Gasteiger partial charge in [-0.2, -0.15) is 0 Å². The van der Waals surface area contributed by atoms with E-state index in [4.69, 9.17) is 0 Å². The predicted molar refractivity (Wildman–Crippen MR) is 85.5 cm³/mol. The molecule has 1 saturated heterocycles. The maximum absolute atomic E-state index is 12.5. The van der Waals surface area contributed by atoms with Crippen LogP contribution in [0.5, 0.6) is 0 Å². The SMILES string of the molecule is CCC1SCC(C(=O)O)N1C(=O)NC(CN(C)C)C(C)C. The zero-order chi connectivity index (χ0) is 16.2. The number of aliphatic carboxylic acids is 1. The van der Waals surface area contributed by atoms with Crippen molar-refractivity contribution in [1.82, 2.24) is 15.1 Å². The highest BCUT2D eigenvalue weighted by Gasteiger charge is 2.41. The molecule has 0 aromatic rings. The van der Waals surface area contributed by atoms with Crippen LogP contribution in [0.25, 0.3) is 0 Å². The molecule has 6 nitrogen and oxygen atoms in total. The minimum absolute atomic E-state index is 0.00468. The molecule has 122 valence electrons. The van der Waals surface area contributed by atoms with E-state index >= 15 is 0 Å². The van der Waals surface area contributed by atoms with Crippen LogP contribution in [0.15, 0.2) is 0 Å². The third-order valence-electron chi connectivity index (χ3n) is 3.64. The minimum atomic E-state index is -0.928. The van der Waals surface area contributed by atoms with Crippen LogP contribution in [-0.2, 0) is 4.79 Å². The molecule has 0 aromatic carbocycles. The molecule has 1 rings (SSSR count). The summed E-state index contributed by atoms with van der Waals surface area (Å²) in [4.78, 5) is 27.4. The van der Waals surface area contributed by atoms with Gasteiger partial charge in [-0.25, -0.2) is 9.59 Å². The molecule has 1 aliphatic rings. The molecule has 1 fully saturated rings. The molecule has 21 heavy (non-hydrogen) atoms. The average molecular weight is 317 g/mol. The number of urea groups is 1. The number of thioether (sulfide) groups is 1. The number of carboxylic acid groups (broad SMARTS) is 1. The Labute approximate surface area is 131 Å². The van der Waals surface area contributed by atoms with Crippen molar-refractivity contribution in [3.8, 4) is 0 Å². The van der Waals surface area contributed by atoms with Gasteiger partial charge in [0.15, 0.2) is 0 Å². The van der Waals surface area contributed by atoms with Gasteiger partial charge in [0.05, 0.1) is 5.37 Å². The Kier molecular flexibility index (Phi) is 6.80. The summed E-state index contributed by atoms with van der Waals surface area (Å²) >= 11 is 1.54. The molecule has 0 aliphatic carbocycles. The number of carbonyl (C=O) groups excluding carboxylic acids is 1. The molecule has 1 aliphatic heterocycles. The van der Waals surface area contributed by atoms with Crippen LogP contribution in [0.3, 0.4) is 0 Å². The van der Waals surface area contributed by atoms with E-state index in [0.717, 1.165) is 13.0 Å². The lowest BCUT2D eigenvalue weighted by molar-refractivity contribution is -0.141. The number of carbonyl (C=O) groups is 2. The first-order chi connectivity index (χ1) is 9.77. The smallest absolute Gasteiger partial charge is 0.327 e. The number of nitrogens with zero attached hydrogens (tertiary/aromatic N) is 2. The van der Waals surface area contributed by atoms with Crippen molar-refractivity contribution >= 4 is 23.8 Å². The second-order valence-corrected chi connectivity index (χ2v) is 7.23. The van der Waals surface area contributed by atoms with E-state index in [0.29, 0.717) is 5.75 Å². The number of hydrogen-bond acceptors (Lipinski definition) is 4. The molecule has 0 aromatic heterocycles. The fourth-order valence-corrected chi connectivity index (χ4v) is 3.74. The molecule has 3 atom stereocenters. The quantitative estimate of drug-likeness (QED) is 0.777. The Morgan fingerprint density at radius 2 is 2.05 bits per heavy atom. The van der Waals surface area contributed by atoms with Crippen molar-refractivity contribution in [2.24, 2.45) is 5.92 Å². The molecule has 7 heteroatoms. The van der Waals surface area contributed by atoms with Crippen molar-refractivity contribution < 1.29 is 14.7 Å². The van der Waals surface area contributed by atoms with Gasteiger partial charge < -0.3 is 15.3 Å². The van der Waals surface area contributed by atoms with Gasteiger partial charge in [0.2, 0.25) is 0 Å². The van der Waals surface area contributed by atoms with Crippen molar-refractivity contribution in [3.63, 3.8) is 0 Å². The first-order valence-electron chi connectivity index (χ1n) is 7.35. The fraction of sp³-hybridized carbons (Fsp3) is 0.857. The highest BCUT2D eigenvalue weighted by molar-refractivity contribution is 8.00. The third kappa shape index (κ3) is 4.78. The summed E-state index contributed by atoms with van der Waals surface area (Å²) in [5.41, 5.74) is 0. The van der Waals surface area contributed by atoms with Crippen molar-refractivity contribution in [2.45, 2.75) is 44.6 Å². The first-order valence-corrected chi connectivity index (χ1v) is 8.40. The second-order valence-electron chi connectivity index (χ2n) is 6.02. The summed E-state index contributed by atoms with van der Waals surface area (Å²) < 4.78 is 0. The lowest BCUT2D eigenvalue weighted by Gasteiger charge is -2.31. The summed E-state index contributed by atoms with van der Waals surface area (Å²) in [5, 5.41) is 12.2. The van der Waals surface area contributed by atoms with Gasteiger partial charge >= 0.3 is 12.0 Å². The van der Waals surface area contributed by atoms with E-state index in [9.17, 15) is 14.7 Å². The maximum Gasteiger partial charge on any atom is 0.327 e. The topological polar surface area (TPSA) is 72.9 Å². The molecule has 0 bridgehead atoms. The summed E-state index contributed by atoms with van der Waals surface area (Å²) in [6, 6.07) is -0.989. The molecule has 0 radical (unpaired) electrons.